The van der Waals surface area contributed by atoms with E-state index in [2.05, 4.69) is 55.9 Å². The number of hydrogen-bond acceptors (Lipinski definition) is 7. The molecule has 0 bridgehead atoms. The monoisotopic (exact) mass is 453 g/mol. The molecule has 1 aliphatic rings. The number of hydrogen-bond donors (Lipinski definition) is 1. The summed E-state index contributed by atoms with van der Waals surface area (Å²) >= 11 is 0. The summed E-state index contributed by atoms with van der Waals surface area (Å²) in [6.45, 7) is 8.23. The normalized spacial score (nSPS) is 14.3. The highest BCUT2D eigenvalue weighted by Gasteiger charge is 2.16. The van der Waals surface area contributed by atoms with Gasteiger partial charge in [-0.05, 0) is 31.3 Å². The van der Waals surface area contributed by atoms with Gasteiger partial charge in [-0.25, -0.2) is 14.6 Å². The fourth-order valence-electron chi connectivity index (χ4n) is 4.12. The van der Waals surface area contributed by atoms with E-state index in [1.54, 1.807) is 12.3 Å². The van der Waals surface area contributed by atoms with Gasteiger partial charge in [-0.1, -0.05) is 36.4 Å². The number of piperazine rings is 1. The SMILES string of the molecule is C=CCn1nc(-c2ccccc2)c2nc(Nc3ccc(N4CCN(C)CC4)cc3)ncc2c1=O. The second-order valence-corrected chi connectivity index (χ2v) is 8.41. The highest BCUT2D eigenvalue weighted by molar-refractivity contribution is 5.90. The van der Waals surface area contributed by atoms with Crippen LogP contribution in [0.5, 0.6) is 0 Å². The minimum absolute atomic E-state index is 0.238. The number of likely N-dealkylation sites (N-methyl/N-ethyl adjacent to an activating group) is 1. The summed E-state index contributed by atoms with van der Waals surface area (Å²) in [7, 11) is 2.15. The van der Waals surface area contributed by atoms with Crippen molar-refractivity contribution >= 4 is 28.2 Å². The Morgan fingerprint density at radius 2 is 1.76 bits per heavy atom. The predicted molar refractivity (Wildman–Crippen MR) is 137 cm³/mol. The van der Waals surface area contributed by atoms with Gasteiger partial charge >= 0.3 is 0 Å². The van der Waals surface area contributed by atoms with Crippen molar-refractivity contribution in [2.45, 2.75) is 6.54 Å². The maximum atomic E-state index is 12.9. The standard InChI is InChI=1S/C26H27N7O/c1-3-13-33-25(34)22-18-27-26(29-24(22)23(30-33)19-7-5-4-6-8-19)28-20-9-11-21(12-10-20)32-16-14-31(2)15-17-32/h3-12,18H,1,13-17H2,2H3,(H,27,28,29). The van der Waals surface area contributed by atoms with Gasteiger partial charge in [0.15, 0.2) is 0 Å². The lowest BCUT2D eigenvalue weighted by Gasteiger charge is -2.34. The van der Waals surface area contributed by atoms with Crippen molar-refractivity contribution in [3.63, 3.8) is 0 Å². The van der Waals surface area contributed by atoms with E-state index < -0.39 is 0 Å². The van der Waals surface area contributed by atoms with Crippen LogP contribution in [0.4, 0.5) is 17.3 Å². The zero-order valence-corrected chi connectivity index (χ0v) is 19.2. The number of rotatable bonds is 6. The van der Waals surface area contributed by atoms with Gasteiger partial charge < -0.3 is 15.1 Å². The van der Waals surface area contributed by atoms with Crippen LogP contribution in [0.3, 0.4) is 0 Å². The molecule has 172 valence electrons. The fraction of sp³-hybridized carbons (Fsp3) is 0.231. The summed E-state index contributed by atoms with van der Waals surface area (Å²) in [5, 5.41) is 8.28. The third-order valence-corrected chi connectivity index (χ3v) is 6.04. The topological polar surface area (TPSA) is 79.2 Å². The first-order chi connectivity index (χ1) is 16.6. The van der Waals surface area contributed by atoms with E-state index in [1.807, 2.05) is 42.5 Å². The Kier molecular flexibility index (Phi) is 6.05. The minimum atomic E-state index is -0.238. The number of nitrogens with zero attached hydrogens (tertiary/aromatic N) is 6. The predicted octanol–water partition coefficient (Wildman–Crippen LogP) is 3.53. The van der Waals surface area contributed by atoms with Gasteiger partial charge in [0.25, 0.3) is 5.56 Å². The number of nitrogens with one attached hydrogen (secondary N) is 1. The molecule has 34 heavy (non-hydrogen) atoms. The smallest absolute Gasteiger partial charge is 0.278 e. The number of anilines is 3. The molecule has 8 nitrogen and oxygen atoms in total. The molecule has 5 rings (SSSR count). The third-order valence-electron chi connectivity index (χ3n) is 6.04. The first kappa shape index (κ1) is 21.8. The van der Waals surface area contributed by atoms with Crippen LogP contribution in [-0.4, -0.2) is 57.9 Å². The lowest BCUT2D eigenvalue weighted by atomic mass is 10.1. The molecule has 2 aromatic heterocycles. The van der Waals surface area contributed by atoms with Gasteiger partial charge in [0.05, 0.1) is 11.9 Å². The quantitative estimate of drug-likeness (QED) is 0.448. The molecule has 8 heteroatoms. The van der Waals surface area contributed by atoms with E-state index in [0.29, 0.717) is 29.1 Å². The Labute approximate surface area is 198 Å². The second kappa shape index (κ2) is 9.44. The summed E-state index contributed by atoms with van der Waals surface area (Å²) in [4.78, 5) is 26.8. The van der Waals surface area contributed by atoms with Crippen LogP contribution in [0, 0.1) is 0 Å². The van der Waals surface area contributed by atoms with Crippen LogP contribution in [0.15, 0.2) is 78.2 Å². The van der Waals surface area contributed by atoms with E-state index in [0.717, 1.165) is 37.4 Å². The first-order valence-corrected chi connectivity index (χ1v) is 11.4. The van der Waals surface area contributed by atoms with Gasteiger partial charge in [0.2, 0.25) is 5.95 Å². The highest BCUT2D eigenvalue weighted by atomic mass is 16.1. The summed E-state index contributed by atoms with van der Waals surface area (Å²) in [6, 6.07) is 18.0. The Balaban J connectivity index is 1.47. The van der Waals surface area contributed by atoms with Crippen molar-refractivity contribution in [2.24, 2.45) is 0 Å². The van der Waals surface area contributed by atoms with Crippen LogP contribution < -0.4 is 15.8 Å². The molecule has 2 aromatic carbocycles. The average molecular weight is 454 g/mol. The van der Waals surface area contributed by atoms with E-state index in [1.165, 1.54) is 10.4 Å². The lowest BCUT2D eigenvalue weighted by molar-refractivity contribution is 0.313. The number of benzene rings is 2. The summed E-state index contributed by atoms with van der Waals surface area (Å²) in [5.74, 6) is 0.416. The van der Waals surface area contributed by atoms with Crippen molar-refractivity contribution in [3.05, 3.63) is 83.8 Å². The first-order valence-electron chi connectivity index (χ1n) is 11.4. The summed E-state index contributed by atoms with van der Waals surface area (Å²) < 4.78 is 1.39. The van der Waals surface area contributed by atoms with E-state index >= 15 is 0 Å². The van der Waals surface area contributed by atoms with Crippen molar-refractivity contribution in [1.29, 1.82) is 0 Å². The van der Waals surface area contributed by atoms with Gasteiger partial charge in [0, 0.05) is 49.3 Å². The molecule has 1 N–H and O–H groups in total. The molecule has 1 saturated heterocycles. The van der Waals surface area contributed by atoms with Crippen LogP contribution in [-0.2, 0) is 6.54 Å². The Morgan fingerprint density at radius 3 is 2.47 bits per heavy atom. The molecule has 3 heterocycles. The lowest BCUT2D eigenvalue weighted by Crippen LogP contribution is -2.44. The molecule has 0 saturated carbocycles. The maximum Gasteiger partial charge on any atom is 0.278 e. The summed E-state index contributed by atoms with van der Waals surface area (Å²) in [5.41, 5.74) is 3.88. The Bertz CT molecular complexity index is 1360. The third kappa shape index (κ3) is 4.40. The van der Waals surface area contributed by atoms with E-state index in [4.69, 9.17) is 0 Å². The minimum Gasteiger partial charge on any atom is -0.369 e. The van der Waals surface area contributed by atoms with Gasteiger partial charge in [-0.15, -0.1) is 6.58 Å². The molecule has 0 spiro atoms. The molecule has 1 fully saturated rings. The zero-order valence-electron chi connectivity index (χ0n) is 19.2. The molecule has 0 radical (unpaired) electrons. The van der Waals surface area contributed by atoms with Crippen LogP contribution in [0.2, 0.25) is 0 Å². The van der Waals surface area contributed by atoms with Crippen LogP contribution in [0.1, 0.15) is 0 Å². The van der Waals surface area contributed by atoms with Gasteiger partial charge in [-0.2, -0.15) is 5.10 Å². The highest BCUT2D eigenvalue weighted by Crippen LogP contribution is 2.25. The number of allylic oxidation sites excluding steroid dienone is 1. The van der Waals surface area contributed by atoms with Crippen molar-refractivity contribution in [2.75, 3.05) is 43.4 Å². The average Bonchev–Trinajstić information content (AvgIpc) is 2.87. The molecule has 1 aliphatic heterocycles. The molecular formula is C26H27N7O. The van der Waals surface area contributed by atoms with Crippen LogP contribution in [0.25, 0.3) is 22.2 Å². The maximum absolute atomic E-state index is 12.9. The largest absolute Gasteiger partial charge is 0.369 e. The zero-order chi connectivity index (χ0) is 23.5. The molecule has 0 atom stereocenters. The molecule has 4 aromatic rings. The molecular weight excluding hydrogens is 426 g/mol. The Hall–Kier alpha value is -4.04. The van der Waals surface area contributed by atoms with Gasteiger partial charge in [0.1, 0.15) is 11.2 Å². The van der Waals surface area contributed by atoms with Crippen molar-refractivity contribution in [3.8, 4) is 11.3 Å². The number of fused-ring (bicyclic) bond motifs is 1. The van der Waals surface area contributed by atoms with Crippen LogP contribution >= 0.6 is 0 Å². The molecule has 0 amide bonds. The molecule has 0 aliphatic carbocycles. The van der Waals surface area contributed by atoms with E-state index in [9.17, 15) is 4.79 Å². The summed E-state index contributed by atoms with van der Waals surface area (Å²) in [6.07, 6.45) is 3.22. The second-order valence-electron chi connectivity index (χ2n) is 8.41. The molecule has 0 unspecified atom stereocenters. The Morgan fingerprint density at radius 1 is 1.03 bits per heavy atom. The number of aromatic nitrogens is 4. The van der Waals surface area contributed by atoms with E-state index in [-0.39, 0.29) is 5.56 Å². The fourth-order valence-corrected chi connectivity index (χ4v) is 4.12. The van der Waals surface area contributed by atoms with Crippen molar-refractivity contribution < 1.29 is 0 Å². The van der Waals surface area contributed by atoms with Gasteiger partial charge in [-0.3, -0.25) is 4.79 Å². The van der Waals surface area contributed by atoms with Crippen molar-refractivity contribution in [1.82, 2.24) is 24.6 Å².